The summed E-state index contributed by atoms with van der Waals surface area (Å²) in [4.78, 5) is 10.2. The van der Waals surface area contributed by atoms with Gasteiger partial charge in [0.2, 0.25) is 0 Å². The van der Waals surface area contributed by atoms with E-state index >= 15 is 0 Å². The van der Waals surface area contributed by atoms with Crippen molar-refractivity contribution in [1.82, 2.24) is 19.6 Å². The van der Waals surface area contributed by atoms with Crippen LogP contribution in [0.1, 0.15) is 68.2 Å². The summed E-state index contributed by atoms with van der Waals surface area (Å²) in [6.45, 7) is 31.2. The number of ether oxygens (including phenoxy) is 1. The number of hydrogen-bond acceptors (Lipinski definition) is 5. The van der Waals surface area contributed by atoms with Gasteiger partial charge in [-0.1, -0.05) is 55.4 Å². The van der Waals surface area contributed by atoms with E-state index in [9.17, 15) is 0 Å². The van der Waals surface area contributed by atoms with Crippen molar-refractivity contribution in [2.75, 3.05) is 78.7 Å². The number of likely N-dealkylation sites (N-methyl/N-ethyl adjacent to an activating group) is 4. The summed E-state index contributed by atoms with van der Waals surface area (Å²) >= 11 is 0. The molecular weight excluding hydrogens is 360 g/mol. The van der Waals surface area contributed by atoms with Gasteiger partial charge < -0.3 is 14.5 Å². The van der Waals surface area contributed by atoms with Crippen LogP contribution in [0, 0.1) is 0 Å². The van der Waals surface area contributed by atoms with E-state index in [1.807, 2.05) is 0 Å². The maximum Gasteiger partial charge on any atom is 0.0622 e. The number of hydrogen-bond donors (Lipinski definition) is 0. The Morgan fingerprint density at radius 2 is 0.828 bits per heavy atom. The Morgan fingerprint density at radius 1 is 0.483 bits per heavy atom. The Morgan fingerprint density at radius 3 is 1.07 bits per heavy atom. The van der Waals surface area contributed by atoms with Crippen LogP contribution in [0.3, 0.4) is 0 Å². The number of nitrogens with zero attached hydrogens (tertiary/aromatic N) is 4. The lowest BCUT2D eigenvalue weighted by molar-refractivity contribution is 0.0177. The minimum absolute atomic E-state index is 0.527. The van der Waals surface area contributed by atoms with Crippen LogP contribution in [0.5, 0.6) is 0 Å². The molecule has 0 aromatic heterocycles. The molecule has 5 nitrogen and oxygen atoms in total. The van der Waals surface area contributed by atoms with Crippen molar-refractivity contribution in [2.24, 2.45) is 0 Å². The minimum Gasteiger partial charge on any atom is -0.378 e. The molecule has 0 aromatic carbocycles. The van der Waals surface area contributed by atoms with Gasteiger partial charge in [0, 0.05) is 38.3 Å². The first-order valence-electron chi connectivity index (χ1n) is 12.5. The molecular formula is C24H54N4O. The van der Waals surface area contributed by atoms with Gasteiger partial charge in [0.15, 0.2) is 0 Å². The Bertz CT molecular complexity index is 316. The second kappa shape index (κ2) is 18.6. The summed E-state index contributed by atoms with van der Waals surface area (Å²) < 4.78 is 6.31. The zero-order valence-corrected chi connectivity index (χ0v) is 21.3. The first-order valence-corrected chi connectivity index (χ1v) is 12.5. The lowest BCUT2D eigenvalue weighted by Crippen LogP contribution is -2.45. The van der Waals surface area contributed by atoms with Crippen LogP contribution in [0.15, 0.2) is 0 Å². The molecule has 0 rings (SSSR count). The fourth-order valence-electron chi connectivity index (χ4n) is 4.12. The summed E-state index contributed by atoms with van der Waals surface area (Å²) in [5.74, 6) is 0. The molecule has 0 bridgehead atoms. The van der Waals surface area contributed by atoms with E-state index in [1.165, 1.54) is 0 Å². The molecule has 176 valence electrons. The standard InChI is InChI=1S/C24H54N4O/c1-9-23(27(15-7)19-17-25(11-3)12-4)21-29-22-24(10-2)28(16-8)20-18-26(13-5)14-6/h23-24H,9-22H2,1-8H3. The van der Waals surface area contributed by atoms with Crippen LogP contribution in [-0.2, 0) is 4.74 Å². The summed E-state index contributed by atoms with van der Waals surface area (Å²) in [5, 5.41) is 0. The predicted molar refractivity (Wildman–Crippen MR) is 129 cm³/mol. The average Bonchev–Trinajstić information content (AvgIpc) is 2.76. The first-order chi connectivity index (χ1) is 14.0. The molecule has 2 atom stereocenters. The first kappa shape index (κ1) is 28.8. The average molecular weight is 415 g/mol. The SMILES string of the molecule is CCC(COCC(CC)N(CC)CCN(CC)CC)N(CC)CCN(CC)CC. The van der Waals surface area contributed by atoms with Crippen LogP contribution in [0.4, 0.5) is 0 Å². The maximum atomic E-state index is 6.31. The van der Waals surface area contributed by atoms with E-state index in [0.29, 0.717) is 12.1 Å². The third-order valence-electron chi connectivity index (χ3n) is 6.60. The maximum absolute atomic E-state index is 6.31. The van der Waals surface area contributed by atoms with Gasteiger partial charge >= 0.3 is 0 Å². The monoisotopic (exact) mass is 414 g/mol. The molecule has 29 heavy (non-hydrogen) atoms. The molecule has 0 fully saturated rings. The lowest BCUT2D eigenvalue weighted by Gasteiger charge is -2.34. The van der Waals surface area contributed by atoms with E-state index in [1.54, 1.807) is 0 Å². The zero-order valence-electron chi connectivity index (χ0n) is 21.3. The lowest BCUT2D eigenvalue weighted by atomic mass is 10.2. The quantitative estimate of drug-likeness (QED) is 0.301. The topological polar surface area (TPSA) is 22.2 Å². The Labute approximate surface area is 183 Å². The van der Waals surface area contributed by atoms with Crippen molar-refractivity contribution in [3.63, 3.8) is 0 Å². The van der Waals surface area contributed by atoms with E-state index in [-0.39, 0.29) is 0 Å². The highest BCUT2D eigenvalue weighted by atomic mass is 16.5. The van der Waals surface area contributed by atoms with Gasteiger partial charge in [-0.15, -0.1) is 0 Å². The molecule has 5 heteroatoms. The van der Waals surface area contributed by atoms with Crippen LogP contribution >= 0.6 is 0 Å². The molecule has 0 aliphatic heterocycles. The van der Waals surface area contributed by atoms with Crippen LogP contribution in [0.25, 0.3) is 0 Å². The molecule has 0 aliphatic carbocycles. The van der Waals surface area contributed by atoms with Crippen LogP contribution in [0.2, 0.25) is 0 Å². The summed E-state index contributed by atoms with van der Waals surface area (Å²) in [5.41, 5.74) is 0. The molecule has 0 aromatic rings. The van der Waals surface area contributed by atoms with E-state index < -0.39 is 0 Å². The third-order valence-corrected chi connectivity index (χ3v) is 6.60. The van der Waals surface area contributed by atoms with Crippen molar-refractivity contribution in [3.05, 3.63) is 0 Å². The number of rotatable bonds is 20. The highest BCUT2D eigenvalue weighted by Gasteiger charge is 2.19. The van der Waals surface area contributed by atoms with Crippen molar-refractivity contribution >= 4 is 0 Å². The van der Waals surface area contributed by atoms with E-state index in [4.69, 9.17) is 4.74 Å². The Kier molecular flexibility index (Phi) is 18.4. The molecule has 2 unspecified atom stereocenters. The smallest absolute Gasteiger partial charge is 0.0622 e. The molecule has 0 spiro atoms. The highest BCUT2D eigenvalue weighted by molar-refractivity contribution is 4.74. The second-order valence-electron chi connectivity index (χ2n) is 7.97. The molecule has 0 N–H and O–H groups in total. The second-order valence-corrected chi connectivity index (χ2v) is 7.97. The fourth-order valence-corrected chi connectivity index (χ4v) is 4.12. The van der Waals surface area contributed by atoms with Crippen LogP contribution in [-0.4, -0.2) is 110 Å². The van der Waals surface area contributed by atoms with Crippen molar-refractivity contribution in [2.45, 2.75) is 80.3 Å². The van der Waals surface area contributed by atoms with Gasteiger partial charge in [0.05, 0.1) is 13.2 Å². The highest BCUT2D eigenvalue weighted by Crippen LogP contribution is 2.09. The molecule has 0 saturated carbocycles. The van der Waals surface area contributed by atoms with Crippen molar-refractivity contribution < 1.29 is 4.74 Å². The summed E-state index contributed by atoms with van der Waals surface area (Å²) in [7, 11) is 0. The van der Waals surface area contributed by atoms with Gasteiger partial charge in [0.25, 0.3) is 0 Å². The van der Waals surface area contributed by atoms with Crippen molar-refractivity contribution in [3.8, 4) is 0 Å². The normalized spacial score (nSPS) is 14.5. The molecule has 0 heterocycles. The molecule has 0 amide bonds. The van der Waals surface area contributed by atoms with Crippen molar-refractivity contribution in [1.29, 1.82) is 0 Å². The summed E-state index contributed by atoms with van der Waals surface area (Å²) in [6.07, 6.45) is 2.31. The van der Waals surface area contributed by atoms with Crippen LogP contribution < -0.4 is 0 Å². The molecule has 0 radical (unpaired) electrons. The molecule has 0 saturated heterocycles. The fraction of sp³-hybridized carbons (Fsp3) is 1.00. The predicted octanol–water partition coefficient (Wildman–Crippen LogP) is 3.89. The summed E-state index contributed by atoms with van der Waals surface area (Å²) in [6, 6.07) is 1.05. The Hall–Kier alpha value is -0.200. The molecule has 0 aliphatic rings. The minimum atomic E-state index is 0.527. The van der Waals surface area contributed by atoms with Gasteiger partial charge in [-0.2, -0.15) is 0 Å². The van der Waals surface area contributed by atoms with Gasteiger partial charge in [-0.25, -0.2) is 0 Å². The van der Waals surface area contributed by atoms with Gasteiger partial charge in [-0.05, 0) is 52.1 Å². The van der Waals surface area contributed by atoms with E-state index in [0.717, 1.165) is 91.5 Å². The zero-order chi connectivity index (χ0) is 22.1. The van der Waals surface area contributed by atoms with Gasteiger partial charge in [-0.3, -0.25) is 9.80 Å². The largest absolute Gasteiger partial charge is 0.378 e. The van der Waals surface area contributed by atoms with E-state index in [2.05, 4.69) is 75.0 Å². The Balaban J connectivity index is 4.56. The van der Waals surface area contributed by atoms with Gasteiger partial charge in [0.1, 0.15) is 0 Å². The third kappa shape index (κ3) is 11.7.